The third-order valence-corrected chi connectivity index (χ3v) is 4.91. The van der Waals surface area contributed by atoms with E-state index in [1.54, 1.807) is 41.8 Å². The minimum absolute atomic E-state index is 0.0237. The van der Waals surface area contributed by atoms with Crippen LogP contribution in [0.5, 0.6) is 0 Å². The summed E-state index contributed by atoms with van der Waals surface area (Å²) in [5, 5.41) is 8.21. The maximum absolute atomic E-state index is 12.4. The number of hydrogen-bond acceptors (Lipinski definition) is 10. The second-order valence-corrected chi connectivity index (χ2v) is 7.15. The van der Waals surface area contributed by atoms with E-state index in [0.717, 1.165) is 0 Å². The van der Waals surface area contributed by atoms with E-state index < -0.39 is 0 Å². The predicted octanol–water partition coefficient (Wildman–Crippen LogP) is 0.733. The number of hydrogen-bond donors (Lipinski definition) is 2. The minimum atomic E-state index is -0.0237. The van der Waals surface area contributed by atoms with E-state index in [1.165, 1.54) is 10.9 Å². The number of amides is 1. The molecule has 12 nitrogen and oxygen atoms in total. The van der Waals surface area contributed by atoms with Crippen LogP contribution in [0.25, 0.3) is 22.6 Å². The average Bonchev–Trinajstić information content (AvgIpc) is 3.50. The Labute approximate surface area is 189 Å². The van der Waals surface area contributed by atoms with E-state index in [1.807, 2.05) is 0 Å². The average molecular weight is 449 g/mol. The summed E-state index contributed by atoms with van der Waals surface area (Å²) in [7, 11) is 0. The zero-order chi connectivity index (χ0) is 23.2. The predicted molar refractivity (Wildman–Crippen MR) is 120 cm³/mol. The van der Waals surface area contributed by atoms with Crippen LogP contribution < -0.4 is 11.5 Å². The van der Waals surface area contributed by atoms with Crippen LogP contribution in [0.4, 0.5) is 5.95 Å². The maximum atomic E-state index is 12.4. The van der Waals surface area contributed by atoms with Crippen LogP contribution in [0, 0.1) is 0 Å². The Morgan fingerprint density at radius 3 is 2.67 bits per heavy atom. The van der Waals surface area contributed by atoms with Crippen LogP contribution in [-0.4, -0.2) is 67.0 Å². The van der Waals surface area contributed by atoms with Crippen LogP contribution in [0.3, 0.4) is 0 Å². The van der Waals surface area contributed by atoms with Gasteiger partial charge in [0.25, 0.3) is 5.89 Å². The molecule has 0 spiro atoms. The first-order valence-electron chi connectivity index (χ1n) is 10.1. The van der Waals surface area contributed by atoms with Crippen molar-refractivity contribution in [2.24, 2.45) is 5.73 Å². The number of nitrogen functional groups attached to an aromatic ring is 1. The highest BCUT2D eigenvalue weighted by molar-refractivity contribution is 5.78. The number of aromatic nitrogens is 6. The molecule has 3 aromatic rings. The smallest absolute Gasteiger partial charge is 0.261 e. The lowest BCUT2D eigenvalue weighted by molar-refractivity contribution is -0.136. The standard InChI is InChI=1S/C21H23N9O3/c1-14(16-9-24-21(23)25-10-16)2-3-15(8-22)19-27-20(33-28-19)17-11-26-30(12-17)13-18(31)29-4-6-32-7-5-29/h2-3,8-12H,1,4-7,13,22H2,(H2,23,24,25)/b3-2-,15-8+. The van der Waals surface area contributed by atoms with Gasteiger partial charge in [0.05, 0.1) is 25.0 Å². The summed E-state index contributed by atoms with van der Waals surface area (Å²) < 4.78 is 12.2. The largest absolute Gasteiger partial charge is 0.404 e. The van der Waals surface area contributed by atoms with E-state index in [9.17, 15) is 4.79 Å². The summed E-state index contributed by atoms with van der Waals surface area (Å²) in [5.41, 5.74) is 13.7. The third-order valence-electron chi connectivity index (χ3n) is 4.91. The number of carbonyl (C=O) groups is 1. The normalized spacial score (nSPS) is 14.7. The molecule has 0 radical (unpaired) electrons. The first-order chi connectivity index (χ1) is 16.0. The van der Waals surface area contributed by atoms with Crippen molar-refractivity contribution in [3.63, 3.8) is 0 Å². The molecule has 4 heterocycles. The quantitative estimate of drug-likeness (QED) is 0.491. The van der Waals surface area contributed by atoms with Crippen molar-refractivity contribution < 1.29 is 14.1 Å². The van der Waals surface area contributed by atoms with Crippen LogP contribution in [-0.2, 0) is 16.1 Å². The molecule has 12 heteroatoms. The van der Waals surface area contributed by atoms with Gasteiger partial charge in [-0.2, -0.15) is 10.1 Å². The van der Waals surface area contributed by atoms with E-state index in [-0.39, 0.29) is 24.3 Å². The van der Waals surface area contributed by atoms with E-state index >= 15 is 0 Å². The molecule has 33 heavy (non-hydrogen) atoms. The Bertz CT molecular complexity index is 1190. The molecule has 1 aliphatic rings. The molecule has 0 bridgehead atoms. The highest BCUT2D eigenvalue weighted by atomic mass is 16.5. The molecule has 0 aliphatic carbocycles. The van der Waals surface area contributed by atoms with Crippen LogP contribution >= 0.6 is 0 Å². The van der Waals surface area contributed by atoms with Gasteiger partial charge in [0, 0.05) is 49.0 Å². The van der Waals surface area contributed by atoms with Gasteiger partial charge < -0.3 is 25.6 Å². The number of ether oxygens (including phenoxy) is 1. The monoisotopic (exact) mass is 449 g/mol. The number of allylic oxidation sites excluding steroid dienone is 4. The lowest BCUT2D eigenvalue weighted by Gasteiger charge is -2.26. The Hall–Kier alpha value is -4.32. The molecule has 3 aromatic heterocycles. The third kappa shape index (κ3) is 5.30. The van der Waals surface area contributed by atoms with Gasteiger partial charge in [-0.15, -0.1) is 0 Å². The fraction of sp³-hybridized carbons (Fsp3) is 0.238. The summed E-state index contributed by atoms with van der Waals surface area (Å²) in [4.78, 5) is 26.4. The van der Waals surface area contributed by atoms with Crippen LogP contribution in [0.15, 0.2) is 54.2 Å². The van der Waals surface area contributed by atoms with E-state index in [4.69, 9.17) is 20.7 Å². The summed E-state index contributed by atoms with van der Waals surface area (Å²) in [6, 6.07) is 0. The minimum Gasteiger partial charge on any atom is -0.404 e. The highest BCUT2D eigenvalue weighted by Gasteiger charge is 2.18. The number of carbonyl (C=O) groups excluding carboxylic acids is 1. The molecule has 4 rings (SSSR count). The number of anilines is 1. The van der Waals surface area contributed by atoms with Crippen LogP contribution in [0.2, 0.25) is 0 Å². The van der Waals surface area contributed by atoms with Crippen molar-refractivity contribution in [1.82, 2.24) is 34.8 Å². The lowest BCUT2D eigenvalue weighted by atomic mass is 10.1. The van der Waals surface area contributed by atoms with Gasteiger partial charge in [-0.3, -0.25) is 9.48 Å². The number of nitrogens with zero attached hydrogens (tertiary/aromatic N) is 7. The fourth-order valence-corrected chi connectivity index (χ4v) is 3.06. The summed E-state index contributed by atoms with van der Waals surface area (Å²) in [5.74, 6) is 0.714. The SMILES string of the molecule is C=C(/C=C\C(=C/N)c1noc(-c2cnn(CC(=O)N3CCOCC3)c2)n1)c1cnc(N)nc1. The number of morpholine rings is 1. The first kappa shape index (κ1) is 21.9. The summed E-state index contributed by atoms with van der Waals surface area (Å²) in [6.45, 7) is 6.36. The molecule has 0 unspecified atom stereocenters. The Morgan fingerprint density at radius 1 is 1.18 bits per heavy atom. The van der Waals surface area contributed by atoms with Gasteiger partial charge >= 0.3 is 0 Å². The molecule has 4 N–H and O–H groups in total. The second-order valence-electron chi connectivity index (χ2n) is 7.15. The molecule has 0 atom stereocenters. The van der Waals surface area contributed by atoms with Gasteiger partial charge in [-0.05, 0) is 11.6 Å². The van der Waals surface area contributed by atoms with Crippen molar-refractivity contribution >= 4 is 23.0 Å². The van der Waals surface area contributed by atoms with Crippen LogP contribution in [0.1, 0.15) is 11.4 Å². The lowest BCUT2D eigenvalue weighted by Crippen LogP contribution is -2.42. The highest BCUT2D eigenvalue weighted by Crippen LogP contribution is 2.21. The summed E-state index contributed by atoms with van der Waals surface area (Å²) in [6.07, 6.45) is 11.2. The van der Waals surface area contributed by atoms with Crippen molar-refractivity contribution in [3.8, 4) is 11.5 Å². The Kier molecular flexibility index (Phi) is 6.55. The van der Waals surface area contributed by atoms with Gasteiger partial charge in [0.2, 0.25) is 17.7 Å². The molecule has 1 saturated heterocycles. The Morgan fingerprint density at radius 2 is 1.94 bits per heavy atom. The van der Waals surface area contributed by atoms with Gasteiger partial charge in [0.15, 0.2) is 0 Å². The van der Waals surface area contributed by atoms with E-state index in [2.05, 4.69) is 31.8 Å². The molecule has 1 amide bonds. The maximum Gasteiger partial charge on any atom is 0.261 e. The molecule has 1 fully saturated rings. The van der Waals surface area contributed by atoms with Gasteiger partial charge in [0.1, 0.15) is 6.54 Å². The number of rotatable bonds is 7. The molecule has 0 aromatic carbocycles. The summed E-state index contributed by atoms with van der Waals surface area (Å²) >= 11 is 0. The van der Waals surface area contributed by atoms with E-state index in [0.29, 0.717) is 54.4 Å². The Balaban J connectivity index is 1.42. The van der Waals surface area contributed by atoms with Crippen molar-refractivity contribution in [3.05, 3.63) is 61.1 Å². The zero-order valence-corrected chi connectivity index (χ0v) is 17.8. The molecule has 0 saturated carbocycles. The molecule has 170 valence electrons. The van der Waals surface area contributed by atoms with Gasteiger partial charge in [-0.25, -0.2) is 9.97 Å². The number of nitrogens with two attached hydrogens (primary N) is 2. The first-order valence-corrected chi connectivity index (χ1v) is 10.1. The molecular formula is C21H23N9O3. The van der Waals surface area contributed by atoms with Crippen molar-refractivity contribution in [1.29, 1.82) is 0 Å². The van der Waals surface area contributed by atoms with Crippen molar-refractivity contribution in [2.45, 2.75) is 6.54 Å². The molecule has 1 aliphatic heterocycles. The van der Waals surface area contributed by atoms with Gasteiger partial charge in [-0.1, -0.05) is 17.8 Å². The second kappa shape index (κ2) is 9.87. The zero-order valence-electron chi connectivity index (χ0n) is 17.8. The molecular weight excluding hydrogens is 426 g/mol. The fourth-order valence-electron chi connectivity index (χ4n) is 3.06. The topological polar surface area (TPSA) is 164 Å². The van der Waals surface area contributed by atoms with Crippen molar-refractivity contribution in [2.75, 3.05) is 32.0 Å².